The highest BCUT2D eigenvalue weighted by atomic mass is 32.1. The van der Waals surface area contributed by atoms with Gasteiger partial charge >= 0.3 is 12.1 Å². The van der Waals surface area contributed by atoms with Gasteiger partial charge < -0.3 is 62.1 Å². The molecule has 0 unspecified atom stereocenters. The van der Waals surface area contributed by atoms with Crippen molar-refractivity contribution >= 4 is 64.6 Å². The van der Waals surface area contributed by atoms with Gasteiger partial charge in [-0.3, -0.25) is 33.7 Å². The highest BCUT2D eigenvalue weighted by Crippen LogP contribution is 2.31. The molecule has 0 radical (unpaired) electrons. The Kier molecular flexibility index (Phi) is 27.6. The standard InChI is InChI=1S/C60H91N11O11S/c1-14-38(8)51(46(80-12)33-47(72)71-30-19-23-45(71)52(81-13)39(9)53(73)67-44(57-63-29-31-83-57)32-40-20-16-15-17-21-40)69(10)58(77)49(36(4)5)68-56(76)50(37(6)7)70(11)60(79)82-34-41-24-26-42(27-25-41)65-54(74)43(22-18-28-64-59(62)78)66-55(75)48(61)35(2)3/h15-17,20-21,24-27,29,31,35-36,38-39,43-46,48-52H,6,14,18-19,22-23,28,30,32-34,61H2,1-5,7-13H3,(H,65,74)(H,66,75)(H,67,73)(H,68,76)(H3,62,64,78)/t38-,39+,43-,44-,45-,46+,48-,49-,50-,51-,52+/m0/s1. The first-order chi connectivity index (χ1) is 39.3. The molecule has 1 saturated heterocycles. The minimum absolute atomic E-state index is 0.0696. The van der Waals surface area contributed by atoms with Crippen LogP contribution in [0.25, 0.3) is 0 Å². The van der Waals surface area contributed by atoms with E-state index in [2.05, 4.69) is 38.1 Å². The largest absolute Gasteiger partial charge is 0.445 e. The lowest BCUT2D eigenvalue weighted by molar-refractivity contribution is -0.147. The lowest BCUT2D eigenvalue weighted by atomic mass is 9.89. The van der Waals surface area contributed by atoms with E-state index in [1.807, 2.05) is 56.5 Å². The van der Waals surface area contributed by atoms with E-state index >= 15 is 0 Å². The summed E-state index contributed by atoms with van der Waals surface area (Å²) in [6.07, 6.45) is 2.46. The van der Waals surface area contributed by atoms with Gasteiger partial charge in [0.25, 0.3) is 0 Å². The lowest BCUT2D eigenvalue weighted by Gasteiger charge is -2.41. The number of nitrogens with one attached hydrogen (secondary N) is 5. The van der Waals surface area contributed by atoms with Crippen molar-refractivity contribution in [2.24, 2.45) is 35.1 Å². The Morgan fingerprint density at radius 1 is 0.843 bits per heavy atom. The number of anilines is 1. The summed E-state index contributed by atoms with van der Waals surface area (Å²) in [5.41, 5.74) is 13.5. The van der Waals surface area contributed by atoms with Crippen LogP contribution in [-0.4, -0.2) is 157 Å². The summed E-state index contributed by atoms with van der Waals surface area (Å²) in [5.74, 6) is -3.90. The molecule has 11 atom stereocenters. The molecular weight excluding hydrogens is 1080 g/mol. The minimum Gasteiger partial charge on any atom is -0.445 e. The average Bonchev–Trinajstić information content (AvgIpc) is 4.39. The van der Waals surface area contributed by atoms with Crippen LogP contribution in [0.5, 0.6) is 0 Å². The normalized spacial score (nSPS) is 16.9. The second-order valence-corrected chi connectivity index (χ2v) is 23.2. The summed E-state index contributed by atoms with van der Waals surface area (Å²) < 4.78 is 17.8. The van der Waals surface area contributed by atoms with Gasteiger partial charge in [0, 0.05) is 58.7 Å². The van der Waals surface area contributed by atoms with E-state index in [1.54, 1.807) is 89.0 Å². The molecule has 83 heavy (non-hydrogen) atoms. The number of methoxy groups -OCH3 is 2. The fraction of sp³-hybridized carbons (Fsp3) is 0.583. The van der Waals surface area contributed by atoms with Crippen LogP contribution in [0.1, 0.15) is 116 Å². The Balaban J connectivity index is 1.41. The summed E-state index contributed by atoms with van der Waals surface area (Å²) in [7, 11) is 6.11. The smallest absolute Gasteiger partial charge is 0.410 e. The molecule has 1 aliphatic rings. The Morgan fingerprint density at radius 3 is 2.08 bits per heavy atom. The summed E-state index contributed by atoms with van der Waals surface area (Å²) >= 11 is 1.47. The molecule has 0 aliphatic carbocycles. The van der Waals surface area contributed by atoms with Crippen molar-refractivity contribution in [1.29, 1.82) is 0 Å². The molecule has 0 saturated carbocycles. The van der Waals surface area contributed by atoms with Gasteiger partial charge in [-0.05, 0) is 85.6 Å². The molecule has 2 heterocycles. The van der Waals surface area contributed by atoms with Crippen molar-refractivity contribution in [1.82, 2.24) is 41.0 Å². The van der Waals surface area contributed by atoms with Crippen LogP contribution < -0.4 is 38.1 Å². The molecule has 1 aromatic heterocycles. The second-order valence-electron chi connectivity index (χ2n) is 22.3. The molecule has 4 rings (SSSR count). The van der Waals surface area contributed by atoms with E-state index in [9.17, 15) is 38.4 Å². The van der Waals surface area contributed by atoms with Crippen LogP contribution >= 0.6 is 11.3 Å². The fourth-order valence-corrected chi connectivity index (χ4v) is 11.1. The quantitative estimate of drug-likeness (QED) is 0.0293. The van der Waals surface area contributed by atoms with Gasteiger partial charge in [0.1, 0.15) is 29.7 Å². The molecule has 23 heteroatoms. The molecular formula is C60H91N11O11S. The zero-order valence-electron chi connectivity index (χ0n) is 50.5. The van der Waals surface area contributed by atoms with Crippen LogP contribution in [0.3, 0.4) is 0 Å². The van der Waals surface area contributed by atoms with Crippen LogP contribution in [0, 0.1) is 23.7 Å². The number of rotatable bonds is 32. The zero-order valence-corrected chi connectivity index (χ0v) is 51.3. The Morgan fingerprint density at radius 2 is 1.52 bits per heavy atom. The second kappa shape index (κ2) is 33.4. The molecule has 0 spiro atoms. The number of hydrogen-bond acceptors (Lipinski definition) is 14. The van der Waals surface area contributed by atoms with Crippen LogP contribution in [0.15, 0.2) is 78.3 Å². The van der Waals surface area contributed by atoms with Crippen molar-refractivity contribution in [2.75, 3.05) is 46.7 Å². The fourth-order valence-electron chi connectivity index (χ4n) is 10.4. The monoisotopic (exact) mass is 1170 g/mol. The molecule has 1 aliphatic heterocycles. The zero-order chi connectivity index (χ0) is 61.7. The van der Waals surface area contributed by atoms with E-state index in [4.69, 9.17) is 25.7 Å². The van der Waals surface area contributed by atoms with E-state index in [-0.39, 0.29) is 55.7 Å². The van der Waals surface area contributed by atoms with Crippen molar-refractivity contribution in [3.05, 3.63) is 94.5 Å². The summed E-state index contributed by atoms with van der Waals surface area (Å²) in [6, 6.07) is 10.1. The van der Waals surface area contributed by atoms with E-state index in [1.165, 1.54) is 25.5 Å². The number of hydrogen-bond donors (Lipinski definition) is 7. The predicted octanol–water partition coefficient (Wildman–Crippen LogP) is 5.67. The molecule has 9 N–H and O–H groups in total. The number of aromatic nitrogens is 1. The number of urea groups is 1. The average molecular weight is 1170 g/mol. The van der Waals surface area contributed by atoms with Gasteiger partial charge in [-0.25, -0.2) is 14.6 Å². The number of ether oxygens (including phenoxy) is 3. The van der Waals surface area contributed by atoms with Crippen molar-refractivity contribution < 1.29 is 52.6 Å². The Labute approximate surface area is 493 Å². The molecule has 3 aromatic rings. The van der Waals surface area contributed by atoms with Gasteiger partial charge in [0.15, 0.2) is 0 Å². The maximum absolute atomic E-state index is 14.8. The number of amides is 9. The van der Waals surface area contributed by atoms with Crippen LogP contribution in [0.4, 0.5) is 15.3 Å². The number of benzene rings is 2. The highest BCUT2D eigenvalue weighted by molar-refractivity contribution is 7.09. The predicted molar refractivity (Wildman–Crippen MR) is 319 cm³/mol. The van der Waals surface area contributed by atoms with Crippen molar-refractivity contribution in [3.8, 4) is 0 Å². The summed E-state index contributed by atoms with van der Waals surface area (Å²) in [6.45, 7) is 19.0. The van der Waals surface area contributed by atoms with Crippen LogP contribution in [0.2, 0.25) is 0 Å². The first-order valence-corrected chi connectivity index (χ1v) is 29.4. The van der Waals surface area contributed by atoms with Gasteiger partial charge in [-0.1, -0.05) is 104 Å². The van der Waals surface area contributed by atoms with Crippen molar-refractivity contribution in [2.45, 2.75) is 161 Å². The Bertz CT molecular complexity index is 2610. The maximum Gasteiger partial charge on any atom is 0.410 e. The SMILES string of the molecule is C=C(C)[C@@H](C(=O)N[C@H](C(=O)N(C)[C@@H]([C@@H](C)CC)[C@@H](CC(=O)N1CCC[C@H]1[C@H](OC)[C@@H](C)C(=O)N[C@@H](Cc1ccccc1)c1nccs1)OC)C(C)C)N(C)C(=O)OCc1ccc(NC(=O)[C@H](CCCNC(N)=O)NC(=O)[C@@H](N)C(C)C)cc1. The number of nitrogens with zero attached hydrogens (tertiary/aromatic N) is 4. The van der Waals surface area contributed by atoms with E-state index < -0.39 is 96.0 Å². The number of likely N-dealkylation sites (N-methyl/N-ethyl adjacent to an activating group) is 2. The van der Waals surface area contributed by atoms with E-state index in [0.29, 0.717) is 55.5 Å². The van der Waals surface area contributed by atoms with Gasteiger partial charge in [0.05, 0.1) is 48.7 Å². The first-order valence-electron chi connectivity index (χ1n) is 28.5. The molecule has 1 fully saturated rings. The highest BCUT2D eigenvalue weighted by Gasteiger charge is 2.44. The third kappa shape index (κ3) is 19.8. The molecule has 0 bridgehead atoms. The Hall–Kier alpha value is -6.95. The number of likely N-dealkylation sites (tertiary alicyclic amines) is 1. The topological polar surface area (TPSA) is 299 Å². The number of carbonyl (C=O) groups excluding carboxylic acids is 8. The summed E-state index contributed by atoms with van der Waals surface area (Å²) in [5, 5.41) is 16.7. The number of nitrogens with two attached hydrogens (primary N) is 2. The molecule has 22 nitrogen and oxygen atoms in total. The molecule has 2 aromatic carbocycles. The number of thiazole rings is 1. The third-order valence-corrected chi connectivity index (χ3v) is 16.3. The van der Waals surface area contributed by atoms with Crippen molar-refractivity contribution in [3.63, 3.8) is 0 Å². The lowest BCUT2D eigenvalue weighted by Crippen LogP contribution is -2.60. The van der Waals surface area contributed by atoms with E-state index in [0.717, 1.165) is 15.5 Å². The van der Waals surface area contributed by atoms with Gasteiger partial charge in [-0.2, -0.15) is 0 Å². The molecule has 9 amide bonds. The minimum atomic E-state index is -1.24. The number of carbonyl (C=O) groups is 8. The molecule has 458 valence electrons. The first kappa shape index (κ1) is 68.5. The van der Waals surface area contributed by atoms with Gasteiger partial charge in [-0.15, -0.1) is 11.3 Å². The third-order valence-electron chi connectivity index (χ3n) is 15.4. The number of primary amides is 1. The van der Waals surface area contributed by atoms with Gasteiger partial charge in [0.2, 0.25) is 35.4 Å². The van der Waals surface area contributed by atoms with Crippen LogP contribution in [-0.2, 0) is 56.0 Å². The summed E-state index contributed by atoms with van der Waals surface area (Å²) in [4.78, 5) is 118. The maximum atomic E-state index is 14.8.